The molecular weight excluding hydrogens is 510 g/mol. The van der Waals surface area contributed by atoms with Crippen molar-refractivity contribution in [2.45, 2.75) is 37.9 Å². The van der Waals surface area contributed by atoms with Gasteiger partial charge in [0, 0.05) is 44.9 Å². The molecule has 0 fully saturated rings. The molecule has 3 unspecified atom stereocenters. The first kappa shape index (κ1) is 31.9. The summed E-state index contributed by atoms with van der Waals surface area (Å²) >= 11 is 1.26. The van der Waals surface area contributed by atoms with Crippen molar-refractivity contribution in [3.8, 4) is 0 Å². The average molecular weight is 552 g/mol. The zero-order chi connectivity index (χ0) is 28.9. The second kappa shape index (κ2) is 15.9. The number of likely N-dealkylation sites (N-methyl/N-ethyl adjacent to an activating group) is 2. The number of carbonyl (C=O) groups excluding carboxylic acids is 2. The van der Waals surface area contributed by atoms with E-state index < -0.39 is 5.92 Å². The normalized spacial score (nSPS) is 21.0. The van der Waals surface area contributed by atoms with Crippen LogP contribution >= 0.6 is 11.9 Å². The van der Waals surface area contributed by atoms with Gasteiger partial charge >= 0.3 is 0 Å². The molecule has 1 heterocycles. The molecule has 1 N–H and O–H groups in total. The predicted octanol–water partition coefficient (Wildman–Crippen LogP) is 5.20. The number of hydrogen-bond donors (Lipinski definition) is 1. The number of carbonyl (C=O) groups is 2. The Morgan fingerprint density at radius 2 is 1.82 bits per heavy atom. The highest BCUT2D eigenvalue weighted by atomic mass is 32.2. The molecule has 1 aromatic carbocycles. The van der Waals surface area contributed by atoms with E-state index in [0.29, 0.717) is 17.7 Å². The largest absolute Gasteiger partial charge is 0.376 e. The van der Waals surface area contributed by atoms with E-state index in [-0.39, 0.29) is 30.8 Å². The van der Waals surface area contributed by atoms with E-state index in [0.717, 1.165) is 16.0 Å². The molecule has 0 saturated heterocycles. The second-order valence-corrected chi connectivity index (χ2v) is 10.5. The summed E-state index contributed by atoms with van der Waals surface area (Å²) in [7, 11) is 5.29. The zero-order valence-electron chi connectivity index (χ0n) is 23.8. The number of benzene rings is 1. The maximum absolute atomic E-state index is 13.9. The van der Waals surface area contributed by atoms with Crippen molar-refractivity contribution in [2.75, 3.05) is 34.5 Å². The van der Waals surface area contributed by atoms with Gasteiger partial charge in [0.15, 0.2) is 0 Å². The van der Waals surface area contributed by atoms with Crippen LogP contribution in [-0.4, -0.2) is 68.3 Å². The van der Waals surface area contributed by atoms with Crippen LogP contribution in [0.15, 0.2) is 102 Å². The van der Waals surface area contributed by atoms with E-state index in [9.17, 15) is 9.59 Å². The number of allylic oxidation sites excluding steroid dienone is 3. The molecule has 2 rings (SSSR count). The van der Waals surface area contributed by atoms with Crippen LogP contribution in [0.3, 0.4) is 0 Å². The number of hydrogen-bond acceptors (Lipinski definition) is 6. The monoisotopic (exact) mass is 551 g/mol. The summed E-state index contributed by atoms with van der Waals surface area (Å²) in [4.78, 5) is 30.2. The van der Waals surface area contributed by atoms with Crippen molar-refractivity contribution in [1.29, 1.82) is 0 Å². The van der Waals surface area contributed by atoms with Gasteiger partial charge in [-0.25, -0.2) is 0 Å². The van der Waals surface area contributed by atoms with Gasteiger partial charge in [-0.3, -0.25) is 14.3 Å². The molecule has 8 heteroatoms. The van der Waals surface area contributed by atoms with Gasteiger partial charge in [-0.15, -0.1) is 0 Å². The van der Waals surface area contributed by atoms with E-state index in [1.165, 1.54) is 22.9 Å². The Hall–Kier alpha value is -3.33. The maximum atomic E-state index is 13.9. The molecule has 0 radical (unpaired) electrons. The van der Waals surface area contributed by atoms with Crippen molar-refractivity contribution >= 4 is 23.8 Å². The van der Waals surface area contributed by atoms with Gasteiger partial charge in [-0.1, -0.05) is 61.2 Å². The maximum Gasteiger partial charge on any atom is 0.245 e. The lowest BCUT2D eigenvalue weighted by molar-refractivity contribution is -0.123. The number of rotatable bonds is 11. The van der Waals surface area contributed by atoms with Gasteiger partial charge in [0.05, 0.1) is 18.1 Å². The van der Waals surface area contributed by atoms with Crippen LogP contribution in [0.5, 0.6) is 0 Å². The van der Waals surface area contributed by atoms with Crippen molar-refractivity contribution < 1.29 is 19.1 Å². The van der Waals surface area contributed by atoms with Gasteiger partial charge in [0.2, 0.25) is 11.8 Å². The third-order valence-electron chi connectivity index (χ3n) is 5.92. The Bertz CT molecular complexity index is 1130. The van der Waals surface area contributed by atoms with Gasteiger partial charge in [-0.05, 0) is 61.6 Å². The summed E-state index contributed by atoms with van der Waals surface area (Å²) < 4.78 is 14.5. The molecule has 2 amide bonds. The van der Waals surface area contributed by atoms with Gasteiger partial charge < -0.3 is 19.3 Å². The minimum Gasteiger partial charge on any atom is -0.376 e. The topological polar surface area (TPSA) is 71.1 Å². The summed E-state index contributed by atoms with van der Waals surface area (Å²) in [6.07, 6.45) is 12.1. The third kappa shape index (κ3) is 10.8. The van der Waals surface area contributed by atoms with Crippen LogP contribution in [0.4, 0.5) is 0 Å². The summed E-state index contributed by atoms with van der Waals surface area (Å²) in [6, 6.07) is 7.95. The van der Waals surface area contributed by atoms with Crippen molar-refractivity contribution in [3.05, 3.63) is 102 Å². The SMILES string of the molecule is C=CC(=C)/C(=C\N(C)C/C=C/C(=O)N(C)C)C(C(=O)NSc1ccc(C)cc1)C1=C/C(C)OCOC(C)/C=C\1. The number of nitrogens with one attached hydrogen (secondary N) is 1. The second-order valence-electron chi connectivity index (χ2n) is 9.59. The Kier molecular flexibility index (Phi) is 13.0. The molecule has 1 aromatic rings. The number of aryl methyl sites for hydroxylation is 1. The fourth-order valence-corrected chi connectivity index (χ4v) is 4.20. The first-order valence-electron chi connectivity index (χ1n) is 12.8. The first-order valence-corrected chi connectivity index (χ1v) is 13.6. The van der Waals surface area contributed by atoms with E-state index in [1.54, 1.807) is 26.2 Å². The smallest absolute Gasteiger partial charge is 0.245 e. The van der Waals surface area contributed by atoms with Crippen LogP contribution in [0.2, 0.25) is 0 Å². The van der Waals surface area contributed by atoms with E-state index in [1.807, 2.05) is 81.4 Å². The van der Waals surface area contributed by atoms with Crippen LogP contribution in [0, 0.1) is 12.8 Å². The van der Waals surface area contributed by atoms with Gasteiger partial charge in [0.1, 0.15) is 6.79 Å². The number of nitrogens with zero attached hydrogens (tertiary/aromatic N) is 2. The average Bonchev–Trinajstić information content (AvgIpc) is 2.97. The zero-order valence-corrected chi connectivity index (χ0v) is 24.7. The molecule has 3 atom stereocenters. The minimum absolute atomic E-state index is 0.0975. The molecule has 0 aromatic heterocycles. The Morgan fingerprint density at radius 3 is 2.46 bits per heavy atom. The Balaban J connectivity index is 2.50. The standard InChI is InChI=1S/C31H41N3O4S/c1-9-23(3)28(20-34(8)18-10-11-29(35)33(6)7)30(26-15-14-24(4)37-21-38-25(5)19-26)31(36)32-39-27-16-12-22(2)13-17-27/h9-17,19-20,24-25,30H,1,3,18,21H2,2,4-8H3,(H,32,36)/b11-10+,15-14-,26-19+,28-20+. The fraction of sp³-hybridized carbons (Fsp3) is 0.355. The summed E-state index contributed by atoms with van der Waals surface area (Å²) in [5.41, 5.74) is 3.19. The third-order valence-corrected chi connectivity index (χ3v) is 6.73. The summed E-state index contributed by atoms with van der Waals surface area (Å²) in [5, 5.41) is 0. The molecule has 1 aliphatic rings. The lowest BCUT2D eigenvalue weighted by Gasteiger charge is -2.25. The summed E-state index contributed by atoms with van der Waals surface area (Å²) in [5.74, 6) is -1.02. The first-order chi connectivity index (χ1) is 18.5. The fourth-order valence-electron chi connectivity index (χ4n) is 3.59. The molecule has 7 nitrogen and oxygen atoms in total. The Labute approximate surface area is 237 Å². The van der Waals surface area contributed by atoms with Crippen molar-refractivity contribution in [3.63, 3.8) is 0 Å². The van der Waals surface area contributed by atoms with Crippen LogP contribution in [-0.2, 0) is 19.1 Å². The molecule has 0 saturated carbocycles. The lowest BCUT2D eigenvalue weighted by atomic mass is 9.85. The predicted molar refractivity (Wildman–Crippen MR) is 160 cm³/mol. The minimum atomic E-state index is -0.712. The molecule has 0 bridgehead atoms. The van der Waals surface area contributed by atoms with E-state index in [2.05, 4.69) is 17.9 Å². The van der Waals surface area contributed by atoms with Gasteiger partial charge in [0.25, 0.3) is 0 Å². The molecular formula is C31H41N3O4S. The molecule has 0 spiro atoms. The van der Waals surface area contributed by atoms with Crippen molar-refractivity contribution in [1.82, 2.24) is 14.5 Å². The molecule has 210 valence electrons. The highest BCUT2D eigenvalue weighted by Gasteiger charge is 2.28. The van der Waals surface area contributed by atoms with Gasteiger partial charge in [-0.2, -0.15) is 0 Å². The van der Waals surface area contributed by atoms with E-state index >= 15 is 0 Å². The highest BCUT2D eigenvalue weighted by molar-refractivity contribution is 7.98. The van der Waals surface area contributed by atoms with Crippen LogP contribution < -0.4 is 4.72 Å². The lowest BCUT2D eigenvalue weighted by Crippen LogP contribution is -2.30. The highest BCUT2D eigenvalue weighted by Crippen LogP contribution is 2.31. The molecule has 0 aliphatic carbocycles. The van der Waals surface area contributed by atoms with Crippen LogP contribution in [0.25, 0.3) is 0 Å². The van der Waals surface area contributed by atoms with E-state index in [4.69, 9.17) is 9.47 Å². The van der Waals surface area contributed by atoms with Crippen LogP contribution in [0.1, 0.15) is 19.4 Å². The van der Waals surface area contributed by atoms with Crippen molar-refractivity contribution in [2.24, 2.45) is 5.92 Å². The molecule has 39 heavy (non-hydrogen) atoms. The quantitative estimate of drug-likeness (QED) is 0.232. The number of ether oxygens (including phenoxy) is 2. The number of amides is 2. The summed E-state index contributed by atoms with van der Waals surface area (Å²) in [6.45, 7) is 14.6. The molecule has 1 aliphatic heterocycles. The Morgan fingerprint density at radius 1 is 1.15 bits per heavy atom.